The van der Waals surface area contributed by atoms with Crippen molar-refractivity contribution in [2.24, 2.45) is 0 Å². The van der Waals surface area contributed by atoms with Gasteiger partial charge in [-0.1, -0.05) is 0 Å². The van der Waals surface area contributed by atoms with Crippen molar-refractivity contribution in [1.82, 2.24) is 14.8 Å². The van der Waals surface area contributed by atoms with Gasteiger partial charge in [-0.05, 0) is 25.1 Å². The number of aryl methyl sites for hydroxylation is 1. The van der Waals surface area contributed by atoms with E-state index in [1.807, 2.05) is 6.92 Å². The lowest BCUT2D eigenvalue weighted by Gasteiger charge is -2.06. The van der Waals surface area contributed by atoms with Crippen LogP contribution >= 0.6 is 0 Å². The fourth-order valence-electron chi connectivity index (χ4n) is 1.67. The SMILES string of the molecule is CCn1ncnc1CS(=O)c1cc(C(=O)O)ccc1F. The highest BCUT2D eigenvalue weighted by Gasteiger charge is 2.16. The first kappa shape index (κ1) is 14.3. The van der Waals surface area contributed by atoms with Crippen molar-refractivity contribution in [2.45, 2.75) is 24.1 Å². The number of aromatic carboxylic acids is 1. The zero-order chi connectivity index (χ0) is 14.7. The number of carbonyl (C=O) groups is 1. The molecule has 0 amide bonds. The van der Waals surface area contributed by atoms with Gasteiger partial charge in [-0.3, -0.25) is 4.21 Å². The van der Waals surface area contributed by atoms with Gasteiger partial charge in [-0.15, -0.1) is 0 Å². The monoisotopic (exact) mass is 297 g/mol. The van der Waals surface area contributed by atoms with Gasteiger partial charge < -0.3 is 5.11 Å². The Hall–Kier alpha value is -2.09. The Kier molecular flexibility index (Phi) is 4.23. The normalized spacial score (nSPS) is 12.3. The van der Waals surface area contributed by atoms with Crippen molar-refractivity contribution >= 4 is 16.8 Å². The molecule has 1 N–H and O–H groups in total. The van der Waals surface area contributed by atoms with Gasteiger partial charge in [0.1, 0.15) is 18.0 Å². The molecule has 0 aliphatic rings. The Morgan fingerprint density at radius 1 is 1.50 bits per heavy atom. The van der Waals surface area contributed by atoms with Gasteiger partial charge in [0, 0.05) is 6.54 Å². The lowest BCUT2D eigenvalue weighted by molar-refractivity contribution is 0.0696. The van der Waals surface area contributed by atoms with E-state index in [1.54, 1.807) is 4.68 Å². The molecular weight excluding hydrogens is 285 g/mol. The Morgan fingerprint density at radius 3 is 2.90 bits per heavy atom. The number of nitrogens with zero attached hydrogens (tertiary/aromatic N) is 3. The summed E-state index contributed by atoms with van der Waals surface area (Å²) in [6, 6.07) is 3.22. The molecule has 0 bridgehead atoms. The molecule has 0 radical (unpaired) electrons. The molecule has 0 saturated carbocycles. The van der Waals surface area contributed by atoms with Gasteiger partial charge in [0.25, 0.3) is 0 Å². The average Bonchev–Trinajstić information content (AvgIpc) is 2.86. The predicted molar refractivity (Wildman–Crippen MR) is 69.2 cm³/mol. The minimum Gasteiger partial charge on any atom is -0.478 e. The molecular formula is C12H12FN3O3S. The summed E-state index contributed by atoms with van der Waals surface area (Å²) in [6.07, 6.45) is 1.33. The van der Waals surface area contributed by atoms with Crippen molar-refractivity contribution in [3.05, 3.63) is 41.7 Å². The smallest absolute Gasteiger partial charge is 0.335 e. The molecule has 2 aromatic rings. The maximum Gasteiger partial charge on any atom is 0.335 e. The molecule has 0 spiro atoms. The molecule has 8 heteroatoms. The zero-order valence-corrected chi connectivity index (χ0v) is 11.4. The van der Waals surface area contributed by atoms with Crippen molar-refractivity contribution in [1.29, 1.82) is 0 Å². The Morgan fingerprint density at radius 2 is 2.25 bits per heavy atom. The third-order valence-electron chi connectivity index (χ3n) is 2.68. The van der Waals surface area contributed by atoms with Gasteiger partial charge >= 0.3 is 5.97 Å². The number of benzene rings is 1. The molecule has 2 rings (SSSR count). The number of aromatic nitrogens is 3. The van der Waals surface area contributed by atoms with Crippen LogP contribution in [-0.2, 0) is 23.1 Å². The molecule has 6 nitrogen and oxygen atoms in total. The number of carboxylic acid groups (broad SMARTS) is 1. The van der Waals surface area contributed by atoms with Crippen LogP contribution in [0.1, 0.15) is 23.1 Å². The van der Waals surface area contributed by atoms with Crippen LogP contribution in [0.2, 0.25) is 0 Å². The summed E-state index contributed by atoms with van der Waals surface area (Å²) in [4.78, 5) is 14.7. The second-order valence-corrected chi connectivity index (χ2v) is 5.35. The molecule has 1 unspecified atom stereocenters. The lowest BCUT2D eigenvalue weighted by Crippen LogP contribution is -2.09. The van der Waals surface area contributed by atoms with Crippen LogP contribution in [0.25, 0.3) is 0 Å². The summed E-state index contributed by atoms with van der Waals surface area (Å²) in [5.74, 6) is -1.45. The maximum atomic E-state index is 13.7. The number of carboxylic acids is 1. The average molecular weight is 297 g/mol. The van der Waals surface area contributed by atoms with Crippen molar-refractivity contribution < 1.29 is 18.5 Å². The fourth-order valence-corrected chi connectivity index (χ4v) is 2.83. The second-order valence-electron chi connectivity index (χ2n) is 3.93. The van der Waals surface area contributed by atoms with E-state index >= 15 is 0 Å². The van der Waals surface area contributed by atoms with Gasteiger partial charge in [0.05, 0.1) is 27.0 Å². The van der Waals surface area contributed by atoms with Crippen LogP contribution in [-0.4, -0.2) is 30.0 Å². The van der Waals surface area contributed by atoms with Crippen molar-refractivity contribution in [2.75, 3.05) is 0 Å². The third kappa shape index (κ3) is 2.90. The number of halogens is 1. The minimum atomic E-state index is -1.72. The molecule has 0 aliphatic carbocycles. The van der Waals surface area contributed by atoms with Crippen LogP contribution in [0.5, 0.6) is 0 Å². The first-order chi connectivity index (χ1) is 9.52. The Balaban J connectivity index is 2.29. The Bertz CT molecular complexity index is 672. The van der Waals surface area contributed by atoms with Crippen LogP contribution in [0.3, 0.4) is 0 Å². The largest absolute Gasteiger partial charge is 0.478 e. The van der Waals surface area contributed by atoms with Crippen LogP contribution in [0.15, 0.2) is 29.4 Å². The van der Waals surface area contributed by atoms with E-state index in [1.165, 1.54) is 6.33 Å². The van der Waals surface area contributed by atoms with Gasteiger partial charge in [0.15, 0.2) is 0 Å². The van der Waals surface area contributed by atoms with Crippen LogP contribution < -0.4 is 0 Å². The van der Waals surface area contributed by atoms with E-state index < -0.39 is 22.6 Å². The zero-order valence-electron chi connectivity index (χ0n) is 10.6. The minimum absolute atomic E-state index is 0.0200. The molecule has 1 heterocycles. The van der Waals surface area contributed by atoms with E-state index in [9.17, 15) is 13.4 Å². The number of hydrogen-bond acceptors (Lipinski definition) is 4. The van der Waals surface area contributed by atoms with E-state index in [2.05, 4.69) is 10.1 Å². The lowest BCUT2D eigenvalue weighted by atomic mass is 10.2. The summed E-state index contributed by atoms with van der Waals surface area (Å²) >= 11 is 0. The molecule has 0 saturated heterocycles. The summed E-state index contributed by atoms with van der Waals surface area (Å²) < 4.78 is 27.4. The van der Waals surface area contributed by atoms with Crippen LogP contribution in [0, 0.1) is 5.82 Å². The summed E-state index contributed by atoms with van der Waals surface area (Å²) in [5.41, 5.74) is -0.105. The summed E-state index contributed by atoms with van der Waals surface area (Å²) in [6.45, 7) is 2.41. The highest BCUT2D eigenvalue weighted by Crippen LogP contribution is 2.17. The van der Waals surface area contributed by atoms with E-state index in [0.717, 1.165) is 18.2 Å². The molecule has 0 aliphatic heterocycles. The van der Waals surface area contributed by atoms with E-state index in [-0.39, 0.29) is 16.2 Å². The first-order valence-electron chi connectivity index (χ1n) is 5.80. The van der Waals surface area contributed by atoms with E-state index in [0.29, 0.717) is 12.4 Å². The quantitative estimate of drug-likeness (QED) is 0.902. The molecule has 106 valence electrons. The number of hydrogen-bond donors (Lipinski definition) is 1. The molecule has 1 aromatic heterocycles. The van der Waals surface area contributed by atoms with Crippen molar-refractivity contribution in [3.63, 3.8) is 0 Å². The summed E-state index contributed by atoms with van der Waals surface area (Å²) in [7, 11) is -1.72. The number of rotatable bonds is 5. The molecule has 1 aromatic carbocycles. The molecule has 1 atom stereocenters. The third-order valence-corrected chi connectivity index (χ3v) is 4.00. The van der Waals surface area contributed by atoms with Gasteiger partial charge in [-0.2, -0.15) is 5.10 Å². The second kappa shape index (κ2) is 5.91. The first-order valence-corrected chi connectivity index (χ1v) is 7.12. The predicted octanol–water partition coefficient (Wildman–Crippen LogP) is 1.44. The maximum absolute atomic E-state index is 13.7. The molecule has 20 heavy (non-hydrogen) atoms. The van der Waals surface area contributed by atoms with Crippen molar-refractivity contribution in [3.8, 4) is 0 Å². The Labute approximate surface area is 116 Å². The van der Waals surface area contributed by atoms with E-state index in [4.69, 9.17) is 5.11 Å². The van der Waals surface area contributed by atoms with Gasteiger partial charge in [0.2, 0.25) is 0 Å². The summed E-state index contributed by atoms with van der Waals surface area (Å²) in [5, 5.41) is 12.8. The van der Waals surface area contributed by atoms with Crippen LogP contribution in [0.4, 0.5) is 4.39 Å². The fraction of sp³-hybridized carbons (Fsp3) is 0.250. The highest BCUT2D eigenvalue weighted by atomic mass is 32.2. The highest BCUT2D eigenvalue weighted by molar-refractivity contribution is 7.84. The van der Waals surface area contributed by atoms with Gasteiger partial charge in [-0.25, -0.2) is 18.9 Å². The molecule has 0 fully saturated rings. The standard InChI is InChI=1S/C12H12FN3O3S/c1-2-16-11(14-7-15-16)6-20(19)10-5-8(12(17)18)3-4-9(10)13/h3-5,7H,2,6H2,1H3,(H,17,18). The topological polar surface area (TPSA) is 85.1 Å².